The highest BCUT2D eigenvalue weighted by Gasteiger charge is 2.16. The zero-order valence-corrected chi connectivity index (χ0v) is 12.4. The first-order valence-electron chi connectivity index (χ1n) is 7.30. The molecule has 1 heterocycles. The Bertz CT molecular complexity index is 409. The lowest BCUT2D eigenvalue weighted by Crippen LogP contribution is -2.39. The molecule has 0 aliphatic carbocycles. The second-order valence-electron chi connectivity index (χ2n) is 5.98. The zero-order chi connectivity index (χ0) is 13.8. The van der Waals surface area contributed by atoms with Crippen molar-refractivity contribution in [1.29, 1.82) is 0 Å². The molecule has 0 bridgehead atoms. The monoisotopic (exact) mass is 262 g/mol. The molecule has 1 fully saturated rings. The quantitative estimate of drug-likeness (QED) is 0.906. The van der Waals surface area contributed by atoms with Gasteiger partial charge in [-0.2, -0.15) is 0 Å². The van der Waals surface area contributed by atoms with Crippen molar-refractivity contribution in [3.05, 3.63) is 23.8 Å². The standard InChI is InChI=1S/C16H26N2O/c1-12(2)11-19-16-5-4-15(10-13(16)3)18-8-6-14(17)7-9-18/h4-5,10,12,14H,6-9,11,17H2,1-3H3. The summed E-state index contributed by atoms with van der Waals surface area (Å²) in [6.07, 6.45) is 2.18. The molecule has 2 rings (SSSR count). The van der Waals surface area contributed by atoms with Gasteiger partial charge in [-0.05, 0) is 49.4 Å². The molecule has 0 unspecified atom stereocenters. The van der Waals surface area contributed by atoms with Gasteiger partial charge in [-0.15, -0.1) is 0 Å². The van der Waals surface area contributed by atoms with Crippen LogP contribution in [0.25, 0.3) is 0 Å². The van der Waals surface area contributed by atoms with Crippen LogP contribution < -0.4 is 15.4 Å². The van der Waals surface area contributed by atoms with E-state index in [2.05, 4.69) is 43.9 Å². The molecule has 3 heteroatoms. The van der Waals surface area contributed by atoms with Crippen LogP contribution in [-0.4, -0.2) is 25.7 Å². The fourth-order valence-electron chi connectivity index (χ4n) is 2.41. The zero-order valence-electron chi connectivity index (χ0n) is 12.4. The summed E-state index contributed by atoms with van der Waals surface area (Å²) >= 11 is 0. The average molecular weight is 262 g/mol. The summed E-state index contributed by atoms with van der Waals surface area (Å²) in [4.78, 5) is 2.42. The molecule has 19 heavy (non-hydrogen) atoms. The van der Waals surface area contributed by atoms with Crippen molar-refractivity contribution in [3.8, 4) is 5.75 Å². The molecule has 2 N–H and O–H groups in total. The predicted octanol–water partition coefficient (Wildman–Crippen LogP) is 2.96. The highest BCUT2D eigenvalue weighted by atomic mass is 16.5. The fourth-order valence-corrected chi connectivity index (χ4v) is 2.41. The van der Waals surface area contributed by atoms with E-state index >= 15 is 0 Å². The fraction of sp³-hybridized carbons (Fsp3) is 0.625. The van der Waals surface area contributed by atoms with Crippen molar-refractivity contribution < 1.29 is 4.74 Å². The molecular formula is C16H26N2O. The Labute approximate surface area is 116 Å². The number of anilines is 1. The molecule has 0 radical (unpaired) electrons. The lowest BCUT2D eigenvalue weighted by molar-refractivity contribution is 0.269. The lowest BCUT2D eigenvalue weighted by atomic mass is 10.0. The number of ether oxygens (including phenoxy) is 1. The minimum Gasteiger partial charge on any atom is -0.493 e. The Morgan fingerprint density at radius 2 is 2.00 bits per heavy atom. The van der Waals surface area contributed by atoms with E-state index in [9.17, 15) is 0 Å². The van der Waals surface area contributed by atoms with Crippen molar-refractivity contribution in [2.45, 2.75) is 39.7 Å². The van der Waals surface area contributed by atoms with Gasteiger partial charge in [0.25, 0.3) is 0 Å². The van der Waals surface area contributed by atoms with Crippen LogP contribution in [0, 0.1) is 12.8 Å². The number of hydrogen-bond donors (Lipinski definition) is 1. The second kappa shape index (κ2) is 6.29. The van der Waals surface area contributed by atoms with Crippen molar-refractivity contribution in [1.82, 2.24) is 0 Å². The molecule has 0 amide bonds. The number of nitrogens with zero attached hydrogens (tertiary/aromatic N) is 1. The molecule has 1 aliphatic heterocycles. The smallest absolute Gasteiger partial charge is 0.122 e. The number of nitrogens with two attached hydrogens (primary N) is 1. The maximum Gasteiger partial charge on any atom is 0.122 e. The molecule has 1 aromatic carbocycles. The van der Waals surface area contributed by atoms with E-state index in [-0.39, 0.29) is 0 Å². The van der Waals surface area contributed by atoms with Crippen LogP contribution >= 0.6 is 0 Å². The summed E-state index contributed by atoms with van der Waals surface area (Å²) in [6, 6.07) is 6.87. The van der Waals surface area contributed by atoms with Crippen LogP contribution in [0.5, 0.6) is 5.75 Å². The second-order valence-corrected chi connectivity index (χ2v) is 5.98. The Balaban J connectivity index is 2.02. The Hall–Kier alpha value is -1.22. The van der Waals surface area contributed by atoms with Gasteiger partial charge in [-0.25, -0.2) is 0 Å². The first-order chi connectivity index (χ1) is 9.06. The van der Waals surface area contributed by atoms with Crippen LogP contribution in [0.3, 0.4) is 0 Å². The minimum absolute atomic E-state index is 0.381. The van der Waals surface area contributed by atoms with Crippen molar-refractivity contribution in [2.24, 2.45) is 11.7 Å². The first kappa shape index (κ1) is 14.2. The maximum atomic E-state index is 5.95. The largest absolute Gasteiger partial charge is 0.493 e. The molecule has 1 aliphatic rings. The minimum atomic E-state index is 0.381. The van der Waals surface area contributed by atoms with E-state index in [1.165, 1.54) is 11.3 Å². The molecule has 0 atom stereocenters. The van der Waals surface area contributed by atoms with Crippen LogP contribution in [0.2, 0.25) is 0 Å². The van der Waals surface area contributed by atoms with Crippen LogP contribution in [-0.2, 0) is 0 Å². The summed E-state index contributed by atoms with van der Waals surface area (Å²) in [6.45, 7) is 9.36. The van der Waals surface area contributed by atoms with Gasteiger partial charge in [-0.1, -0.05) is 13.8 Å². The summed E-state index contributed by atoms with van der Waals surface area (Å²) < 4.78 is 5.82. The van der Waals surface area contributed by atoms with Crippen molar-refractivity contribution in [2.75, 3.05) is 24.6 Å². The van der Waals surface area contributed by atoms with E-state index in [0.29, 0.717) is 12.0 Å². The molecule has 106 valence electrons. The van der Waals surface area contributed by atoms with E-state index in [1.807, 2.05) is 0 Å². The van der Waals surface area contributed by atoms with Crippen molar-refractivity contribution >= 4 is 5.69 Å². The van der Waals surface area contributed by atoms with E-state index in [0.717, 1.165) is 38.3 Å². The van der Waals surface area contributed by atoms with Gasteiger partial charge in [0, 0.05) is 24.8 Å². The summed E-state index contributed by atoms with van der Waals surface area (Å²) in [7, 11) is 0. The van der Waals surface area contributed by atoms with Crippen molar-refractivity contribution in [3.63, 3.8) is 0 Å². The molecule has 1 aromatic rings. The van der Waals surface area contributed by atoms with E-state index < -0.39 is 0 Å². The third-order valence-electron chi connectivity index (χ3n) is 3.64. The van der Waals surface area contributed by atoms with Crippen LogP contribution in [0.4, 0.5) is 5.69 Å². The topological polar surface area (TPSA) is 38.5 Å². The highest BCUT2D eigenvalue weighted by Crippen LogP contribution is 2.26. The number of rotatable bonds is 4. The number of benzene rings is 1. The SMILES string of the molecule is Cc1cc(N2CCC(N)CC2)ccc1OCC(C)C. The summed E-state index contributed by atoms with van der Waals surface area (Å²) in [5, 5.41) is 0. The van der Waals surface area contributed by atoms with Gasteiger partial charge in [0.2, 0.25) is 0 Å². The maximum absolute atomic E-state index is 5.95. The third-order valence-corrected chi connectivity index (χ3v) is 3.64. The molecule has 0 spiro atoms. The highest BCUT2D eigenvalue weighted by molar-refractivity contribution is 5.53. The lowest BCUT2D eigenvalue weighted by Gasteiger charge is -2.32. The van der Waals surface area contributed by atoms with E-state index in [1.54, 1.807) is 0 Å². The molecule has 0 saturated carbocycles. The van der Waals surface area contributed by atoms with Gasteiger partial charge in [-0.3, -0.25) is 0 Å². The normalized spacial score (nSPS) is 17.0. The number of hydrogen-bond acceptors (Lipinski definition) is 3. The van der Waals surface area contributed by atoms with Gasteiger partial charge in [0.05, 0.1) is 6.61 Å². The summed E-state index contributed by atoms with van der Waals surface area (Å²) in [5.74, 6) is 1.56. The average Bonchev–Trinajstić information content (AvgIpc) is 2.38. The Kier molecular flexibility index (Phi) is 4.70. The van der Waals surface area contributed by atoms with Gasteiger partial charge in [0.1, 0.15) is 5.75 Å². The third kappa shape index (κ3) is 3.87. The van der Waals surface area contributed by atoms with E-state index in [4.69, 9.17) is 10.5 Å². The Morgan fingerprint density at radius 1 is 1.32 bits per heavy atom. The summed E-state index contributed by atoms with van der Waals surface area (Å²) in [5.41, 5.74) is 8.46. The molecule has 3 nitrogen and oxygen atoms in total. The molecular weight excluding hydrogens is 236 g/mol. The van der Waals surface area contributed by atoms with Gasteiger partial charge < -0.3 is 15.4 Å². The van der Waals surface area contributed by atoms with Crippen LogP contribution in [0.15, 0.2) is 18.2 Å². The van der Waals surface area contributed by atoms with Gasteiger partial charge in [0.15, 0.2) is 0 Å². The molecule has 0 aromatic heterocycles. The first-order valence-corrected chi connectivity index (χ1v) is 7.30. The predicted molar refractivity (Wildman–Crippen MR) is 80.9 cm³/mol. The number of aryl methyl sites for hydroxylation is 1. The number of piperidine rings is 1. The van der Waals surface area contributed by atoms with Gasteiger partial charge >= 0.3 is 0 Å². The molecule has 1 saturated heterocycles. The Morgan fingerprint density at radius 3 is 2.58 bits per heavy atom. The van der Waals surface area contributed by atoms with Crippen LogP contribution in [0.1, 0.15) is 32.3 Å².